The summed E-state index contributed by atoms with van der Waals surface area (Å²) in [6.45, 7) is 0.464. The Morgan fingerprint density at radius 3 is 2.81 bits per heavy atom. The van der Waals surface area contributed by atoms with Gasteiger partial charge in [-0.1, -0.05) is 0 Å². The number of nitriles is 1. The Morgan fingerprint density at radius 2 is 2.31 bits per heavy atom. The molecule has 0 radical (unpaired) electrons. The van der Waals surface area contributed by atoms with Gasteiger partial charge in [-0.25, -0.2) is 4.79 Å². The van der Waals surface area contributed by atoms with Gasteiger partial charge < -0.3 is 10.0 Å². The van der Waals surface area contributed by atoms with Crippen molar-refractivity contribution in [3.63, 3.8) is 0 Å². The molecular formula is C10H14N2O3S. The SMILES string of the molecule is N#CCC(CS)C(=O)N1CCC[C@H]1C(=O)O. The first-order valence-electron chi connectivity index (χ1n) is 5.13. The van der Waals surface area contributed by atoms with Gasteiger partial charge in [0.05, 0.1) is 12.0 Å². The van der Waals surface area contributed by atoms with Crippen molar-refractivity contribution in [2.75, 3.05) is 12.3 Å². The number of aliphatic carboxylic acids is 1. The second-order valence-corrected chi connectivity index (χ2v) is 4.13. The Hall–Kier alpha value is -1.22. The number of thiol groups is 1. The second-order valence-electron chi connectivity index (χ2n) is 3.77. The largest absolute Gasteiger partial charge is 0.480 e. The van der Waals surface area contributed by atoms with E-state index >= 15 is 0 Å². The molecule has 1 aliphatic rings. The van der Waals surface area contributed by atoms with Gasteiger partial charge in [0.1, 0.15) is 6.04 Å². The first kappa shape index (κ1) is 12.8. The lowest BCUT2D eigenvalue weighted by Gasteiger charge is -2.24. The fourth-order valence-corrected chi connectivity index (χ4v) is 2.15. The second kappa shape index (κ2) is 5.75. The summed E-state index contributed by atoms with van der Waals surface area (Å²) in [5, 5.41) is 17.5. The van der Waals surface area contributed by atoms with E-state index in [-0.39, 0.29) is 18.1 Å². The first-order valence-corrected chi connectivity index (χ1v) is 5.76. The predicted molar refractivity (Wildman–Crippen MR) is 59.9 cm³/mol. The summed E-state index contributed by atoms with van der Waals surface area (Å²) in [6, 6.07) is 1.20. The van der Waals surface area contributed by atoms with Crippen molar-refractivity contribution < 1.29 is 14.7 Å². The number of hydrogen-bond acceptors (Lipinski definition) is 4. The maximum absolute atomic E-state index is 11.9. The molecule has 6 heteroatoms. The Morgan fingerprint density at radius 1 is 1.62 bits per heavy atom. The van der Waals surface area contributed by atoms with Crippen molar-refractivity contribution in [3.05, 3.63) is 0 Å². The quantitative estimate of drug-likeness (QED) is 0.704. The van der Waals surface area contributed by atoms with Crippen LogP contribution in [0.15, 0.2) is 0 Å². The molecule has 2 atom stereocenters. The van der Waals surface area contributed by atoms with Gasteiger partial charge >= 0.3 is 5.97 Å². The van der Waals surface area contributed by atoms with Crippen molar-refractivity contribution in [3.8, 4) is 6.07 Å². The number of amides is 1. The van der Waals surface area contributed by atoms with Crippen LogP contribution in [-0.4, -0.2) is 40.2 Å². The van der Waals surface area contributed by atoms with Crippen LogP contribution in [0.3, 0.4) is 0 Å². The van der Waals surface area contributed by atoms with E-state index in [0.29, 0.717) is 19.4 Å². The number of hydrogen-bond donors (Lipinski definition) is 2. The Labute approximate surface area is 99.4 Å². The van der Waals surface area contributed by atoms with Gasteiger partial charge in [0, 0.05) is 18.7 Å². The Kier molecular flexibility index (Phi) is 4.62. The molecule has 1 aliphatic heterocycles. The van der Waals surface area contributed by atoms with Gasteiger partial charge in [-0.3, -0.25) is 4.79 Å². The zero-order valence-corrected chi connectivity index (χ0v) is 9.69. The smallest absolute Gasteiger partial charge is 0.326 e. The molecule has 0 aromatic carbocycles. The third-order valence-electron chi connectivity index (χ3n) is 2.73. The fraction of sp³-hybridized carbons (Fsp3) is 0.700. The highest BCUT2D eigenvalue weighted by Crippen LogP contribution is 2.21. The lowest BCUT2D eigenvalue weighted by atomic mass is 10.1. The molecular weight excluding hydrogens is 228 g/mol. The van der Waals surface area contributed by atoms with Crippen molar-refractivity contribution in [1.29, 1.82) is 5.26 Å². The van der Waals surface area contributed by atoms with Gasteiger partial charge in [0.15, 0.2) is 0 Å². The van der Waals surface area contributed by atoms with E-state index in [0.717, 1.165) is 0 Å². The van der Waals surface area contributed by atoms with Crippen LogP contribution in [-0.2, 0) is 9.59 Å². The number of carboxylic acid groups (broad SMARTS) is 1. The topological polar surface area (TPSA) is 81.4 Å². The van der Waals surface area contributed by atoms with Crippen molar-refractivity contribution in [2.45, 2.75) is 25.3 Å². The molecule has 0 aromatic rings. The lowest BCUT2D eigenvalue weighted by Crippen LogP contribution is -2.43. The van der Waals surface area contributed by atoms with Gasteiger partial charge in [0.2, 0.25) is 5.91 Å². The van der Waals surface area contributed by atoms with Crippen molar-refractivity contribution >= 4 is 24.5 Å². The summed E-state index contributed by atoms with van der Waals surface area (Å²) in [5.74, 6) is -1.45. The van der Waals surface area contributed by atoms with Gasteiger partial charge in [-0.05, 0) is 12.8 Å². The van der Waals surface area contributed by atoms with Crippen LogP contribution >= 0.6 is 12.6 Å². The molecule has 0 bridgehead atoms. The summed E-state index contributed by atoms with van der Waals surface area (Å²) in [5.41, 5.74) is 0. The Bertz CT molecular complexity index is 327. The average molecular weight is 242 g/mol. The maximum Gasteiger partial charge on any atom is 0.326 e. The monoisotopic (exact) mass is 242 g/mol. The van der Waals surface area contributed by atoms with Crippen LogP contribution in [0.5, 0.6) is 0 Å². The van der Waals surface area contributed by atoms with Crippen LogP contribution in [0.25, 0.3) is 0 Å². The minimum atomic E-state index is -0.972. The van der Waals surface area contributed by atoms with E-state index in [1.807, 2.05) is 6.07 Å². The van der Waals surface area contributed by atoms with E-state index in [1.165, 1.54) is 4.90 Å². The minimum Gasteiger partial charge on any atom is -0.480 e. The van der Waals surface area contributed by atoms with Gasteiger partial charge in [-0.2, -0.15) is 17.9 Å². The zero-order valence-electron chi connectivity index (χ0n) is 8.80. The van der Waals surface area contributed by atoms with E-state index in [9.17, 15) is 9.59 Å². The molecule has 1 amide bonds. The predicted octanol–water partition coefficient (Wildman–Crippen LogP) is 0.522. The summed E-state index contributed by atoms with van der Waals surface area (Å²) < 4.78 is 0. The number of rotatable bonds is 4. The van der Waals surface area contributed by atoms with Crippen molar-refractivity contribution in [1.82, 2.24) is 4.90 Å². The van der Waals surface area contributed by atoms with Crippen LogP contribution in [0.4, 0.5) is 0 Å². The van der Waals surface area contributed by atoms with E-state index in [1.54, 1.807) is 0 Å². The molecule has 1 heterocycles. The summed E-state index contributed by atoms with van der Waals surface area (Å²) in [6.07, 6.45) is 1.28. The molecule has 88 valence electrons. The molecule has 0 aromatic heterocycles. The zero-order chi connectivity index (χ0) is 12.1. The summed E-state index contributed by atoms with van der Waals surface area (Å²) in [7, 11) is 0. The molecule has 0 saturated carbocycles. The summed E-state index contributed by atoms with van der Waals surface area (Å²) in [4.78, 5) is 24.2. The number of nitrogens with zero attached hydrogens (tertiary/aromatic N) is 2. The molecule has 0 spiro atoms. The van der Waals surface area contributed by atoms with Crippen LogP contribution < -0.4 is 0 Å². The molecule has 1 saturated heterocycles. The molecule has 5 nitrogen and oxygen atoms in total. The van der Waals surface area contributed by atoms with E-state index in [2.05, 4.69) is 12.6 Å². The number of carboxylic acids is 1. The van der Waals surface area contributed by atoms with Crippen LogP contribution in [0.2, 0.25) is 0 Å². The third kappa shape index (κ3) is 2.67. The van der Waals surface area contributed by atoms with Gasteiger partial charge in [-0.15, -0.1) is 0 Å². The van der Waals surface area contributed by atoms with E-state index in [4.69, 9.17) is 10.4 Å². The third-order valence-corrected chi connectivity index (χ3v) is 3.17. The molecule has 0 aliphatic carbocycles. The maximum atomic E-state index is 11.9. The normalized spacial score (nSPS) is 21.5. The molecule has 1 N–H and O–H groups in total. The van der Waals surface area contributed by atoms with Crippen molar-refractivity contribution in [2.24, 2.45) is 5.92 Å². The lowest BCUT2D eigenvalue weighted by molar-refractivity contribution is -0.149. The Balaban J connectivity index is 2.72. The number of likely N-dealkylation sites (tertiary alicyclic amines) is 1. The molecule has 16 heavy (non-hydrogen) atoms. The van der Waals surface area contributed by atoms with Crippen LogP contribution in [0.1, 0.15) is 19.3 Å². The summed E-state index contributed by atoms with van der Waals surface area (Å²) >= 11 is 4.02. The standard InChI is InChI=1S/C10H14N2O3S/c11-4-3-7(6-16)9(13)12-5-1-2-8(12)10(14)15/h7-8,16H,1-3,5-6H2,(H,14,15)/t7?,8-/m0/s1. The minimum absolute atomic E-state index is 0.0885. The highest BCUT2D eigenvalue weighted by molar-refractivity contribution is 7.80. The fourth-order valence-electron chi connectivity index (χ4n) is 1.86. The molecule has 1 rings (SSSR count). The average Bonchev–Trinajstić information content (AvgIpc) is 2.73. The van der Waals surface area contributed by atoms with E-state index < -0.39 is 17.9 Å². The first-order chi connectivity index (χ1) is 7.61. The highest BCUT2D eigenvalue weighted by atomic mass is 32.1. The number of carbonyl (C=O) groups is 2. The molecule has 1 unspecified atom stereocenters. The highest BCUT2D eigenvalue weighted by Gasteiger charge is 2.36. The molecule has 1 fully saturated rings. The van der Waals surface area contributed by atoms with Crippen LogP contribution in [0, 0.1) is 17.2 Å². The van der Waals surface area contributed by atoms with Gasteiger partial charge in [0.25, 0.3) is 0 Å². The number of carbonyl (C=O) groups excluding carboxylic acids is 1.